The Hall–Kier alpha value is -2.02. The number of hydrogen-bond donors (Lipinski definition) is 2. The normalized spacial score (nSPS) is 18.7. The summed E-state index contributed by atoms with van der Waals surface area (Å²) in [6.45, 7) is 0. The molecule has 6 nitrogen and oxygen atoms in total. The number of nitrogens with zero attached hydrogens (tertiary/aromatic N) is 4. The average Bonchev–Trinajstić information content (AvgIpc) is 3.18. The van der Waals surface area contributed by atoms with Gasteiger partial charge in [0.15, 0.2) is 11.6 Å². The first kappa shape index (κ1) is 15.3. The van der Waals surface area contributed by atoms with Crippen LogP contribution in [0.4, 0.5) is 11.6 Å². The van der Waals surface area contributed by atoms with Crippen LogP contribution in [0.15, 0.2) is 29.6 Å². The van der Waals surface area contributed by atoms with Gasteiger partial charge in [-0.1, -0.05) is 31.0 Å². The zero-order valence-electron chi connectivity index (χ0n) is 14.1. The quantitative estimate of drug-likeness (QED) is 0.706. The lowest BCUT2D eigenvalue weighted by Gasteiger charge is -2.20. The lowest BCUT2D eigenvalue weighted by atomic mass is 10.0. The van der Waals surface area contributed by atoms with Crippen molar-refractivity contribution in [1.82, 2.24) is 24.8 Å². The van der Waals surface area contributed by atoms with Crippen LogP contribution in [0.2, 0.25) is 0 Å². The summed E-state index contributed by atoms with van der Waals surface area (Å²) < 4.78 is 1.91. The van der Waals surface area contributed by atoms with E-state index in [4.69, 9.17) is 4.98 Å². The Morgan fingerprint density at radius 1 is 1.16 bits per heavy atom. The number of hydrogen-bond acceptors (Lipinski definition) is 5. The summed E-state index contributed by atoms with van der Waals surface area (Å²) in [6.07, 6.45) is 11.1. The fraction of sp³-hybridized carbons (Fsp3) is 0.500. The van der Waals surface area contributed by atoms with E-state index in [-0.39, 0.29) is 0 Å². The van der Waals surface area contributed by atoms with Crippen LogP contribution in [0.25, 0.3) is 5.52 Å². The summed E-state index contributed by atoms with van der Waals surface area (Å²) in [4.78, 5) is 4.80. The molecule has 0 bridgehead atoms. The van der Waals surface area contributed by atoms with Crippen LogP contribution in [0.1, 0.15) is 56.6 Å². The molecule has 130 valence electrons. The summed E-state index contributed by atoms with van der Waals surface area (Å²) in [5.41, 5.74) is 2.20. The van der Waals surface area contributed by atoms with E-state index in [1.54, 1.807) is 0 Å². The molecule has 0 radical (unpaired) electrons. The van der Waals surface area contributed by atoms with Gasteiger partial charge in [-0.05, 0) is 37.8 Å². The molecule has 7 heteroatoms. The molecule has 5 rings (SSSR count). The maximum absolute atomic E-state index is 4.80. The van der Waals surface area contributed by atoms with Crippen LogP contribution in [0, 0.1) is 0 Å². The minimum atomic E-state index is 0.640. The predicted octanol–water partition coefficient (Wildman–Crippen LogP) is 4.50. The number of thioether (sulfide) groups is 1. The van der Waals surface area contributed by atoms with Gasteiger partial charge in [0.05, 0.1) is 0 Å². The first-order chi connectivity index (χ1) is 12.3. The van der Waals surface area contributed by atoms with Crippen molar-refractivity contribution in [2.24, 2.45) is 0 Å². The standard InChI is InChI=1S/C18H22N6S/c1-2-5-13(6-3-1)25-18-20-17(15-7-4-10-24(15)23-18)19-16-11-14(21-22-16)12-8-9-12/h4,7,10-13H,1-3,5-6,8-9H2,(H2,19,20,21,22,23). The zero-order valence-corrected chi connectivity index (χ0v) is 14.9. The van der Waals surface area contributed by atoms with Crippen LogP contribution < -0.4 is 5.32 Å². The second kappa shape index (κ2) is 6.37. The number of anilines is 2. The molecule has 3 aromatic heterocycles. The van der Waals surface area contributed by atoms with Gasteiger partial charge in [0, 0.05) is 29.1 Å². The highest BCUT2D eigenvalue weighted by Gasteiger charge is 2.25. The first-order valence-corrected chi connectivity index (χ1v) is 10.1. The summed E-state index contributed by atoms with van der Waals surface area (Å²) >= 11 is 1.82. The van der Waals surface area contributed by atoms with Crippen molar-refractivity contribution in [2.75, 3.05) is 5.32 Å². The van der Waals surface area contributed by atoms with E-state index in [0.29, 0.717) is 11.2 Å². The van der Waals surface area contributed by atoms with Crippen molar-refractivity contribution in [3.63, 3.8) is 0 Å². The maximum Gasteiger partial charge on any atom is 0.209 e. The molecular weight excluding hydrogens is 332 g/mol. The predicted molar refractivity (Wildman–Crippen MR) is 99.6 cm³/mol. The smallest absolute Gasteiger partial charge is 0.209 e. The van der Waals surface area contributed by atoms with E-state index >= 15 is 0 Å². The van der Waals surface area contributed by atoms with Gasteiger partial charge >= 0.3 is 0 Å². The number of fused-ring (bicyclic) bond motifs is 1. The Morgan fingerprint density at radius 3 is 2.88 bits per heavy atom. The van der Waals surface area contributed by atoms with Crippen molar-refractivity contribution in [3.05, 3.63) is 30.1 Å². The summed E-state index contributed by atoms with van der Waals surface area (Å²) in [7, 11) is 0. The Bertz CT molecular complexity index is 875. The maximum atomic E-state index is 4.80. The highest BCUT2D eigenvalue weighted by Crippen LogP contribution is 2.40. The monoisotopic (exact) mass is 354 g/mol. The van der Waals surface area contributed by atoms with Crippen LogP contribution in [0.5, 0.6) is 0 Å². The van der Waals surface area contributed by atoms with Gasteiger partial charge < -0.3 is 5.32 Å². The number of aromatic nitrogens is 5. The van der Waals surface area contributed by atoms with E-state index in [1.807, 2.05) is 34.6 Å². The van der Waals surface area contributed by atoms with Gasteiger partial charge in [-0.25, -0.2) is 9.50 Å². The second-order valence-electron chi connectivity index (χ2n) is 7.07. The summed E-state index contributed by atoms with van der Waals surface area (Å²) in [5.74, 6) is 2.32. The van der Waals surface area contributed by atoms with Crippen LogP contribution >= 0.6 is 11.8 Å². The van der Waals surface area contributed by atoms with Gasteiger partial charge in [0.25, 0.3) is 0 Å². The number of rotatable bonds is 5. The van der Waals surface area contributed by atoms with E-state index in [0.717, 1.165) is 22.3 Å². The van der Waals surface area contributed by atoms with Crippen molar-refractivity contribution < 1.29 is 0 Å². The zero-order chi connectivity index (χ0) is 16.6. The molecule has 3 aromatic rings. The topological polar surface area (TPSA) is 70.9 Å². The van der Waals surface area contributed by atoms with Crippen molar-refractivity contribution >= 4 is 28.9 Å². The van der Waals surface area contributed by atoms with Gasteiger partial charge in [-0.3, -0.25) is 5.10 Å². The van der Waals surface area contributed by atoms with E-state index in [1.165, 1.54) is 50.6 Å². The van der Waals surface area contributed by atoms with Crippen molar-refractivity contribution in [1.29, 1.82) is 0 Å². The van der Waals surface area contributed by atoms with Gasteiger partial charge in [0.2, 0.25) is 5.16 Å². The lowest BCUT2D eigenvalue weighted by Crippen LogP contribution is -2.10. The van der Waals surface area contributed by atoms with Gasteiger partial charge in [0.1, 0.15) is 5.52 Å². The highest BCUT2D eigenvalue weighted by molar-refractivity contribution is 7.99. The Labute approximate surface area is 150 Å². The fourth-order valence-electron chi connectivity index (χ4n) is 3.51. The Morgan fingerprint density at radius 2 is 2.04 bits per heavy atom. The summed E-state index contributed by atoms with van der Waals surface area (Å²) in [6, 6.07) is 6.14. The molecule has 2 aliphatic rings. The fourth-order valence-corrected chi connectivity index (χ4v) is 4.66. The molecule has 2 saturated carbocycles. The third kappa shape index (κ3) is 3.25. The number of aromatic amines is 1. The average molecular weight is 354 g/mol. The molecule has 2 aliphatic carbocycles. The third-order valence-corrected chi connectivity index (χ3v) is 6.25. The molecule has 0 unspecified atom stereocenters. The van der Waals surface area contributed by atoms with Crippen LogP contribution in [-0.2, 0) is 0 Å². The molecule has 2 fully saturated rings. The van der Waals surface area contributed by atoms with E-state index in [9.17, 15) is 0 Å². The second-order valence-corrected chi connectivity index (χ2v) is 8.33. The molecule has 0 aromatic carbocycles. The van der Waals surface area contributed by atoms with E-state index < -0.39 is 0 Å². The number of nitrogens with one attached hydrogen (secondary N) is 2. The van der Waals surface area contributed by atoms with E-state index in [2.05, 4.69) is 26.7 Å². The van der Waals surface area contributed by atoms with Crippen LogP contribution in [0.3, 0.4) is 0 Å². The molecule has 0 saturated heterocycles. The Kier molecular flexibility index (Phi) is 3.88. The molecule has 3 heterocycles. The summed E-state index contributed by atoms with van der Waals surface area (Å²) in [5, 5.41) is 17.1. The van der Waals surface area contributed by atoms with Crippen molar-refractivity contribution in [3.8, 4) is 0 Å². The largest absolute Gasteiger partial charge is 0.322 e. The molecule has 0 amide bonds. The van der Waals surface area contributed by atoms with Gasteiger partial charge in [-0.2, -0.15) is 5.10 Å². The number of H-pyrrole nitrogens is 1. The molecule has 25 heavy (non-hydrogen) atoms. The SMILES string of the molecule is c1cc2c(Nc3cc(C4CC4)[nH]n3)nc(SC3CCCCC3)nn2c1. The van der Waals surface area contributed by atoms with Gasteiger partial charge in [-0.15, -0.1) is 5.10 Å². The minimum Gasteiger partial charge on any atom is -0.322 e. The first-order valence-electron chi connectivity index (χ1n) is 9.19. The lowest BCUT2D eigenvalue weighted by molar-refractivity contribution is 0.515. The van der Waals surface area contributed by atoms with Crippen LogP contribution in [-0.4, -0.2) is 30.0 Å². The molecule has 0 aliphatic heterocycles. The molecule has 0 spiro atoms. The minimum absolute atomic E-state index is 0.640. The Balaban J connectivity index is 1.42. The molecular formula is C18H22N6S. The third-order valence-electron chi connectivity index (χ3n) is 5.06. The molecule has 2 N–H and O–H groups in total. The molecule has 0 atom stereocenters. The highest BCUT2D eigenvalue weighted by atomic mass is 32.2. The van der Waals surface area contributed by atoms with Crippen molar-refractivity contribution in [2.45, 2.75) is 61.3 Å².